The number of ether oxygens (including phenoxy) is 1. The van der Waals surface area contributed by atoms with E-state index >= 15 is 0 Å². The zero-order valence-electron chi connectivity index (χ0n) is 14.1. The summed E-state index contributed by atoms with van der Waals surface area (Å²) in [6.07, 6.45) is 5.49. The highest BCUT2D eigenvalue weighted by Gasteiger charge is 2.18. The number of benzene rings is 2. The average molecular weight is 335 g/mol. The van der Waals surface area contributed by atoms with Crippen LogP contribution in [0.25, 0.3) is 6.08 Å². The van der Waals surface area contributed by atoms with E-state index in [1.165, 1.54) is 0 Å². The number of amides is 1. The minimum absolute atomic E-state index is 0.0171. The Morgan fingerprint density at radius 3 is 2.32 bits per heavy atom. The van der Waals surface area contributed by atoms with Crippen molar-refractivity contribution in [1.82, 2.24) is 4.90 Å². The van der Waals surface area contributed by atoms with E-state index in [0.29, 0.717) is 11.3 Å². The van der Waals surface area contributed by atoms with Crippen LogP contribution in [-0.2, 0) is 4.79 Å². The van der Waals surface area contributed by atoms with Gasteiger partial charge in [-0.15, -0.1) is 0 Å². The summed E-state index contributed by atoms with van der Waals surface area (Å²) in [6, 6.07) is 16.6. The molecule has 2 aromatic carbocycles. The Labute approximate surface area is 147 Å². The van der Waals surface area contributed by atoms with E-state index in [9.17, 15) is 9.59 Å². The van der Waals surface area contributed by atoms with Crippen molar-refractivity contribution in [2.75, 3.05) is 19.7 Å². The molecule has 2 aromatic rings. The summed E-state index contributed by atoms with van der Waals surface area (Å²) in [5.41, 5.74) is 1.57. The maximum Gasteiger partial charge on any atom is 0.260 e. The van der Waals surface area contributed by atoms with Gasteiger partial charge in [-0.25, -0.2) is 0 Å². The van der Waals surface area contributed by atoms with Crippen molar-refractivity contribution in [2.24, 2.45) is 0 Å². The summed E-state index contributed by atoms with van der Waals surface area (Å²) in [5, 5.41) is 0. The summed E-state index contributed by atoms with van der Waals surface area (Å²) in [6.45, 7) is 1.69. The van der Waals surface area contributed by atoms with E-state index in [1.807, 2.05) is 35.2 Å². The summed E-state index contributed by atoms with van der Waals surface area (Å²) in [5.74, 6) is 0.545. The third kappa shape index (κ3) is 4.80. The highest BCUT2D eigenvalue weighted by molar-refractivity contribution is 6.06. The quantitative estimate of drug-likeness (QED) is 0.599. The second-order valence-electron chi connectivity index (χ2n) is 6.01. The van der Waals surface area contributed by atoms with Crippen LogP contribution >= 0.6 is 0 Å². The summed E-state index contributed by atoms with van der Waals surface area (Å²) in [4.78, 5) is 26.0. The first-order chi connectivity index (χ1) is 12.2. The van der Waals surface area contributed by atoms with Gasteiger partial charge >= 0.3 is 0 Å². The number of nitrogens with zero attached hydrogens (tertiary/aromatic N) is 1. The molecule has 0 aromatic heterocycles. The smallest absolute Gasteiger partial charge is 0.260 e. The molecule has 0 radical (unpaired) electrons. The molecule has 0 unspecified atom stereocenters. The molecule has 0 atom stereocenters. The van der Waals surface area contributed by atoms with Gasteiger partial charge in [-0.3, -0.25) is 9.59 Å². The second-order valence-corrected chi connectivity index (χ2v) is 6.01. The Bertz CT molecular complexity index is 744. The van der Waals surface area contributed by atoms with Gasteiger partial charge in [0, 0.05) is 18.7 Å². The predicted octanol–water partition coefficient (Wildman–Crippen LogP) is 3.58. The summed E-state index contributed by atoms with van der Waals surface area (Å²) >= 11 is 0. The zero-order chi connectivity index (χ0) is 17.5. The third-order valence-corrected chi connectivity index (χ3v) is 4.19. The molecule has 0 bridgehead atoms. The van der Waals surface area contributed by atoms with Crippen molar-refractivity contribution in [3.8, 4) is 5.75 Å². The number of hydrogen-bond donors (Lipinski definition) is 0. The lowest BCUT2D eigenvalue weighted by molar-refractivity contribution is -0.132. The van der Waals surface area contributed by atoms with Crippen LogP contribution in [0.2, 0.25) is 0 Å². The molecule has 1 fully saturated rings. The minimum atomic E-state index is -0.0662. The molecule has 0 N–H and O–H groups in total. The van der Waals surface area contributed by atoms with Crippen LogP contribution in [0.1, 0.15) is 28.8 Å². The topological polar surface area (TPSA) is 46.6 Å². The predicted molar refractivity (Wildman–Crippen MR) is 97.6 cm³/mol. The Balaban J connectivity index is 1.53. The molecule has 1 heterocycles. The van der Waals surface area contributed by atoms with Gasteiger partial charge in [0.1, 0.15) is 5.75 Å². The van der Waals surface area contributed by atoms with Crippen molar-refractivity contribution >= 4 is 17.8 Å². The number of rotatable bonds is 6. The zero-order valence-corrected chi connectivity index (χ0v) is 14.1. The molecular formula is C21H21NO3. The maximum atomic E-state index is 12.2. The molecule has 0 aliphatic carbocycles. The molecule has 1 aliphatic rings. The van der Waals surface area contributed by atoms with Gasteiger partial charge in [-0.05, 0) is 48.7 Å². The van der Waals surface area contributed by atoms with Gasteiger partial charge in [0.05, 0.1) is 0 Å². The lowest BCUT2D eigenvalue weighted by Gasteiger charge is -2.15. The van der Waals surface area contributed by atoms with Crippen LogP contribution in [0, 0.1) is 0 Å². The van der Waals surface area contributed by atoms with E-state index in [0.717, 1.165) is 31.5 Å². The molecule has 3 rings (SSSR count). The maximum absolute atomic E-state index is 12.2. The molecule has 4 heteroatoms. The van der Waals surface area contributed by atoms with Crippen LogP contribution in [0.15, 0.2) is 60.7 Å². The summed E-state index contributed by atoms with van der Waals surface area (Å²) in [7, 11) is 0. The first-order valence-electron chi connectivity index (χ1n) is 8.50. The highest BCUT2D eigenvalue weighted by atomic mass is 16.5. The van der Waals surface area contributed by atoms with Crippen LogP contribution in [0.3, 0.4) is 0 Å². The van der Waals surface area contributed by atoms with Gasteiger partial charge < -0.3 is 9.64 Å². The molecule has 25 heavy (non-hydrogen) atoms. The molecule has 4 nitrogen and oxygen atoms in total. The Morgan fingerprint density at radius 2 is 1.64 bits per heavy atom. The van der Waals surface area contributed by atoms with Gasteiger partial charge in [0.15, 0.2) is 12.4 Å². The molecule has 1 amide bonds. The van der Waals surface area contributed by atoms with Crippen LogP contribution in [-0.4, -0.2) is 36.3 Å². The fraction of sp³-hybridized carbons (Fsp3) is 0.238. The van der Waals surface area contributed by atoms with E-state index in [1.54, 1.807) is 36.4 Å². The molecule has 1 saturated heterocycles. The third-order valence-electron chi connectivity index (χ3n) is 4.19. The van der Waals surface area contributed by atoms with E-state index in [2.05, 4.69) is 0 Å². The van der Waals surface area contributed by atoms with E-state index in [4.69, 9.17) is 4.74 Å². The molecule has 128 valence electrons. The van der Waals surface area contributed by atoms with E-state index < -0.39 is 0 Å². The van der Waals surface area contributed by atoms with Crippen LogP contribution < -0.4 is 4.74 Å². The number of likely N-dealkylation sites (tertiary alicyclic amines) is 1. The SMILES string of the molecule is O=C(/C=C/c1ccccc1)c1ccc(OCC(=O)N2CCCC2)cc1. The van der Waals surface area contributed by atoms with Gasteiger partial charge in [-0.1, -0.05) is 36.4 Å². The normalized spacial score (nSPS) is 14.0. The first-order valence-corrected chi connectivity index (χ1v) is 8.50. The van der Waals surface area contributed by atoms with Crippen molar-refractivity contribution in [3.05, 3.63) is 71.8 Å². The number of carbonyl (C=O) groups is 2. The van der Waals surface area contributed by atoms with Crippen molar-refractivity contribution in [3.63, 3.8) is 0 Å². The molecule has 0 saturated carbocycles. The number of carbonyl (C=O) groups excluding carboxylic acids is 2. The van der Waals surface area contributed by atoms with E-state index in [-0.39, 0.29) is 18.3 Å². The monoisotopic (exact) mass is 335 g/mol. The summed E-state index contributed by atoms with van der Waals surface area (Å²) < 4.78 is 5.52. The average Bonchev–Trinajstić information content (AvgIpc) is 3.20. The highest BCUT2D eigenvalue weighted by Crippen LogP contribution is 2.14. The Kier molecular flexibility index (Phi) is 5.62. The lowest BCUT2D eigenvalue weighted by atomic mass is 10.1. The van der Waals surface area contributed by atoms with Crippen LogP contribution in [0.4, 0.5) is 0 Å². The van der Waals surface area contributed by atoms with Gasteiger partial charge in [-0.2, -0.15) is 0 Å². The molecule has 0 spiro atoms. The largest absolute Gasteiger partial charge is 0.484 e. The molecular weight excluding hydrogens is 314 g/mol. The standard InChI is InChI=1S/C21H21NO3/c23-20(13-8-17-6-2-1-3-7-17)18-9-11-19(12-10-18)25-16-21(24)22-14-4-5-15-22/h1-3,6-13H,4-5,14-16H2/b13-8+. The number of ketones is 1. The number of hydrogen-bond acceptors (Lipinski definition) is 3. The Hall–Kier alpha value is -2.88. The Morgan fingerprint density at radius 1 is 0.960 bits per heavy atom. The fourth-order valence-electron chi connectivity index (χ4n) is 2.75. The molecule has 1 aliphatic heterocycles. The van der Waals surface area contributed by atoms with Crippen LogP contribution in [0.5, 0.6) is 5.75 Å². The minimum Gasteiger partial charge on any atom is -0.484 e. The van der Waals surface area contributed by atoms with Crippen molar-refractivity contribution in [2.45, 2.75) is 12.8 Å². The lowest BCUT2D eigenvalue weighted by Crippen LogP contribution is -2.32. The van der Waals surface area contributed by atoms with Crippen molar-refractivity contribution < 1.29 is 14.3 Å². The van der Waals surface area contributed by atoms with Gasteiger partial charge in [0.2, 0.25) is 0 Å². The fourth-order valence-corrected chi connectivity index (χ4v) is 2.75. The second kappa shape index (κ2) is 8.29. The van der Waals surface area contributed by atoms with Gasteiger partial charge in [0.25, 0.3) is 5.91 Å². The first kappa shape index (κ1) is 17.0. The number of allylic oxidation sites excluding steroid dienone is 1. The van der Waals surface area contributed by atoms with Crippen molar-refractivity contribution in [1.29, 1.82) is 0 Å².